The zero-order valence-electron chi connectivity index (χ0n) is 15.2. The lowest BCUT2D eigenvalue weighted by molar-refractivity contribution is -0.139. The Kier molecular flexibility index (Phi) is 4.79. The van der Waals surface area contributed by atoms with E-state index in [1.807, 2.05) is 26.0 Å². The van der Waals surface area contributed by atoms with Crippen molar-refractivity contribution in [3.05, 3.63) is 47.3 Å². The van der Waals surface area contributed by atoms with Crippen molar-refractivity contribution in [3.63, 3.8) is 0 Å². The highest BCUT2D eigenvalue weighted by molar-refractivity contribution is 6.26. The number of hydrogen-bond donors (Lipinski definition) is 1. The van der Waals surface area contributed by atoms with Gasteiger partial charge in [0.1, 0.15) is 5.65 Å². The molecule has 0 amide bonds. The number of nitrogens with one attached hydrogen (secondary N) is 1. The molecule has 136 valence electrons. The van der Waals surface area contributed by atoms with E-state index in [1.165, 1.54) is 0 Å². The van der Waals surface area contributed by atoms with Gasteiger partial charge >= 0.3 is 5.97 Å². The Morgan fingerprint density at radius 2 is 2.23 bits per heavy atom. The number of nitrogens with zero attached hydrogens (tertiary/aromatic N) is 2. The van der Waals surface area contributed by atoms with Gasteiger partial charge in [-0.15, -0.1) is 0 Å². The first-order chi connectivity index (χ1) is 12.4. The molecule has 3 rings (SSSR count). The molecule has 2 aromatic rings. The summed E-state index contributed by atoms with van der Waals surface area (Å²) < 4.78 is 10.8. The largest absolute Gasteiger partial charge is 0.462 e. The fourth-order valence-corrected chi connectivity index (χ4v) is 2.62. The Labute approximate surface area is 151 Å². The van der Waals surface area contributed by atoms with Gasteiger partial charge in [-0.05, 0) is 39.0 Å². The first kappa shape index (κ1) is 17.7. The molecule has 2 aromatic heterocycles. The van der Waals surface area contributed by atoms with Crippen LogP contribution in [-0.4, -0.2) is 46.3 Å². The minimum absolute atomic E-state index is 0.0406. The molecule has 0 bridgehead atoms. The van der Waals surface area contributed by atoms with E-state index in [0.717, 1.165) is 10.9 Å². The predicted molar refractivity (Wildman–Crippen MR) is 96.7 cm³/mol. The topological polar surface area (TPSA) is 84.5 Å². The van der Waals surface area contributed by atoms with Crippen LogP contribution in [-0.2, 0) is 19.1 Å². The number of ketones is 1. The minimum Gasteiger partial charge on any atom is -0.462 e. The van der Waals surface area contributed by atoms with Crippen LogP contribution in [0.3, 0.4) is 0 Å². The third kappa shape index (κ3) is 3.08. The maximum Gasteiger partial charge on any atom is 0.347 e. The Balaban J connectivity index is 2.02. The summed E-state index contributed by atoms with van der Waals surface area (Å²) in [7, 11) is 1.77. The summed E-state index contributed by atoms with van der Waals surface area (Å²) in [6.07, 6.45) is 5.04. The number of carbonyl (C=O) groups is 2. The van der Waals surface area contributed by atoms with Gasteiger partial charge in [0.15, 0.2) is 11.3 Å². The van der Waals surface area contributed by atoms with E-state index < -0.39 is 11.8 Å². The lowest BCUT2D eigenvalue weighted by Crippen LogP contribution is -2.28. The summed E-state index contributed by atoms with van der Waals surface area (Å²) >= 11 is 0. The van der Waals surface area contributed by atoms with Gasteiger partial charge in [-0.25, -0.2) is 9.78 Å². The number of H-pyrrole nitrogens is 1. The molecule has 1 N–H and O–H groups in total. The molecule has 7 heteroatoms. The molecule has 0 spiro atoms. The summed E-state index contributed by atoms with van der Waals surface area (Å²) in [5.41, 5.74) is 1.39. The quantitative estimate of drug-likeness (QED) is 0.504. The van der Waals surface area contributed by atoms with Crippen LogP contribution in [0.4, 0.5) is 0 Å². The number of hydrogen-bond acceptors (Lipinski definition) is 6. The third-order valence-corrected chi connectivity index (χ3v) is 4.22. The van der Waals surface area contributed by atoms with Crippen LogP contribution in [0.15, 0.2) is 41.7 Å². The number of aromatic nitrogens is 2. The Bertz CT molecular complexity index is 924. The van der Waals surface area contributed by atoms with Crippen LogP contribution < -0.4 is 0 Å². The summed E-state index contributed by atoms with van der Waals surface area (Å²) in [4.78, 5) is 34.1. The molecule has 0 unspecified atom stereocenters. The van der Waals surface area contributed by atoms with Crippen LogP contribution in [0.5, 0.6) is 0 Å². The molecule has 0 saturated carbocycles. The van der Waals surface area contributed by atoms with Gasteiger partial charge in [0, 0.05) is 36.4 Å². The lowest BCUT2D eigenvalue weighted by atomic mass is 10.1. The molecule has 0 radical (unpaired) electrons. The fourth-order valence-electron chi connectivity index (χ4n) is 2.62. The highest BCUT2D eigenvalue weighted by Gasteiger charge is 2.39. The van der Waals surface area contributed by atoms with Crippen LogP contribution in [0, 0.1) is 0 Å². The van der Waals surface area contributed by atoms with Gasteiger partial charge in [0.05, 0.1) is 6.61 Å². The first-order valence-corrected chi connectivity index (χ1v) is 8.44. The normalized spacial score (nSPS) is 15.9. The second kappa shape index (κ2) is 7.03. The minimum atomic E-state index is -0.677. The number of fused-ring (bicyclic) bond motifs is 1. The maximum absolute atomic E-state index is 12.8. The number of Topliss-reactive ketones (excluding diaryl/α,β-unsaturated/α-hetero) is 1. The standard InChI is InChI=1S/C19H21N3O4/c1-5-25-19(24)15-16(23)14(26-18(15)22(4)11(2)3)9-12-10-21-17-13(12)7-6-8-20-17/h6-11H,5H2,1-4H3,(H,20,21). The molecule has 1 aliphatic heterocycles. The number of esters is 1. The molecule has 0 aromatic carbocycles. The van der Waals surface area contributed by atoms with Crippen LogP contribution >= 0.6 is 0 Å². The second-order valence-electron chi connectivity index (χ2n) is 6.19. The zero-order chi connectivity index (χ0) is 18.8. The van der Waals surface area contributed by atoms with E-state index in [0.29, 0.717) is 5.65 Å². The molecule has 0 atom stereocenters. The van der Waals surface area contributed by atoms with Crippen molar-refractivity contribution in [2.24, 2.45) is 0 Å². The molecule has 26 heavy (non-hydrogen) atoms. The molecule has 0 aliphatic carbocycles. The number of aromatic amines is 1. The van der Waals surface area contributed by atoms with Crippen molar-refractivity contribution in [1.29, 1.82) is 0 Å². The van der Waals surface area contributed by atoms with Gasteiger partial charge in [0.25, 0.3) is 0 Å². The number of ether oxygens (including phenoxy) is 2. The first-order valence-electron chi connectivity index (χ1n) is 8.44. The van der Waals surface area contributed by atoms with Crippen LogP contribution in [0.2, 0.25) is 0 Å². The molecule has 7 nitrogen and oxygen atoms in total. The average Bonchev–Trinajstić information content (AvgIpc) is 3.16. The molecular formula is C19H21N3O4. The van der Waals surface area contributed by atoms with Crippen LogP contribution in [0.25, 0.3) is 17.1 Å². The van der Waals surface area contributed by atoms with E-state index in [9.17, 15) is 9.59 Å². The van der Waals surface area contributed by atoms with Crippen molar-refractivity contribution >= 4 is 28.9 Å². The third-order valence-electron chi connectivity index (χ3n) is 4.22. The molecular weight excluding hydrogens is 334 g/mol. The van der Waals surface area contributed by atoms with Gasteiger partial charge in [-0.2, -0.15) is 0 Å². The monoisotopic (exact) mass is 355 g/mol. The van der Waals surface area contributed by atoms with E-state index in [-0.39, 0.29) is 29.9 Å². The Morgan fingerprint density at radius 1 is 1.46 bits per heavy atom. The van der Waals surface area contributed by atoms with E-state index in [2.05, 4.69) is 9.97 Å². The molecule has 3 heterocycles. The second-order valence-corrected chi connectivity index (χ2v) is 6.19. The van der Waals surface area contributed by atoms with Gasteiger partial charge in [0.2, 0.25) is 11.7 Å². The molecule has 0 fully saturated rings. The summed E-state index contributed by atoms with van der Waals surface area (Å²) in [6, 6.07) is 3.75. The van der Waals surface area contributed by atoms with E-state index in [4.69, 9.17) is 9.47 Å². The molecule has 1 aliphatic rings. The van der Waals surface area contributed by atoms with E-state index >= 15 is 0 Å². The summed E-state index contributed by atoms with van der Waals surface area (Å²) in [5.74, 6) is -0.860. The number of allylic oxidation sites excluding steroid dienone is 1. The SMILES string of the molecule is CCOC(=O)C1=C(N(C)C(C)C)OC(=Cc2c[nH]c3ncccc23)C1=O. The van der Waals surface area contributed by atoms with Gasteiger partial charge in [-0.3, -0.25) is 4.79 Å². The highest BCUT2D eigenvalue weighted by atomic mass is 16.5. The predicted octanol–water partition coefficient (Wildman–Crippen LogP) is 2.62. The highest BCUT2D eigenvalue weighted by Crippen LogP contribution is 2.31. The lowest BCUT2D eigenvalue weighted by Gasteiger charge is -2.24. The fraction of sp³-hybridized carbons (Fsp3) is 0.316. The van der Waals surface area contributed by atoms with Crippen molar-refractivity contribution < 1.29 is 19.1 Å². The molecule has 0 saturated heterocycles. The van der Waals surface area contributed by atoms with Crippen molar-refractivity contribution in [2.45, 2.75) is 26.8 Å². The van der Waals surface area contributed by atoms with Gasteiger partial charge in [-0.1, -0.05) is 0 Å². The summed E-state index contributed by atoms with van der Waals surface area (Å²) in [6.45, 7) is 5.76. The van der Waals surface area contributed by atoms with E-state index in [1.54, 1.807) is 37.3 Å². The Morgan fingerprint density at radius 3 is 2.92 bits per heavy atom. The van der Waals surface area contributed by atoms with Crippen LogP contribution in [0.1, 0.15) is 26.3 Å². The maximum atomic E-state index is 12.8. The van der Waals surface area contributed by atoms with Crippen molar-refractivity contribution in [2.75, 3.05) is 13.7 Å². The zero-order valence-corrected chi connectivity index (χ0v) is 15.2. The average molecular weight is 355 g/mol. The van der Waals surface area contributed by atoms with Crippen molar-refractivity contribution in [1.82, 2.24) is 14.9 Å². The smallest absolute Gasteiger partial charge is 0.347 e. The summed E-state index contributed by atoms with van der Waals surface area (Å²) in [5, 5.41) is 0.861. The number of carbonyl (C=O) groups excluding carboxylic acids is 2. The van der Waals surface area contributed by atoms with Gasteiger partial charge < -0.3 is 19.4 Å². The Hall–Kier alpha value is -3.09. The number of rotatable bonds is 5. The number of pyridine rings is 1. The van der Waals surface area contributed by atoms with Crippen molar-refractivity contribution in [3.8, 4) is 0 Å².